The van der Waals surface area contributed by atoms with Crippen LogP contribution in [0, 0.1) is 0 Å². The van der Waals surface area contributed by atoms with Crippen LogP contribution < -0.4 is 9.47 Å². The molecule has 31 heavy (non-hydrogen) atoms. The van der Waals surface area contributed by atoms with E-state index in [0.717, 1.165) is 36.0 Å². The lowest BCUT2D eigenvalue weighted by Crippen LogP contribution is -2.27. The Morgan fingerprint density at radius 1 is 1.00 bits per heavy atom. The minimum absolute atomic E-state index is 0. The van der Waals surface area contributed by atoms with E-state index in [1.54, 1.807) is 14.2 Å². The van der Waals surface area contributed by atoms with Crippen LogP contribution in [0.2, 0.25) is 5.02 Å². The van der Waals surface area contributed by atoms with Gasteiger partial charge in [-0.2, -0.15) is 0 Å². The van der Waals surface area contributed by atoms with Crippen LogP contribution in [0.5, 0.6) is 11.5 Å². The standard InChI is InChI=1S/C24H32ClNO2S2.ClH/c1-26(14-11-19-9-10-22(27-2)23(17-19)28-3)13-5-12-24(29-15-6-16-30-24)20-7-4-8-21(25)18-20;/h4,7-10,17-18H,5-6,11-16H2,1-3H3;1H. The monoisotopic (exact) mass is 501 g/mol. The van der Waals surface area contributed by atoms with Crippen molar-refractivity contribution in [2.75, 3.05) is 45.9 Å². The topological polar surface area (TPSA) is 21.7 Å². The van der Waals surface area contributed by atoms with Gasteiger partial charge in [-0.15, -0.1) is 35.9 Å². The summed E-state index contributed by atoms with van der Waals surface area (Å²) < 4.78 is 10.9. The molecule has 1 aliphatic heterocycles. The van der Waals surface area contributed by atoms with E-state index >= 15 is 0 Å². The largest absolute Gasteiger partial charge is 0.493 e. The van der Waals surface area contributed by atoms with Gasteiger partial charge in [0.2, 0.25) is 0 Å². The van der Waals surface area contributed by atoms with Crippen LogP contribution in [0.1, 0.15) is 30.4 Å². The Balaban J connectivity index is 0.00000341. The molecule has 0 bridgehead atoms. The van der Waals surface area contributed by atoms with Gasteiger partial charge in [0.05, 0.1) is 18.3 Å². The van der Waals surface area contributed by atoms with Crippen molar-refractivity contribution < 1.29 is 9.47 Å². The van der Waals surface area contributed by atoms with Gasteiger partial charge in [0, 0.05) is 11.6 Å². The molecule has 2 aromatic carbocycles. The minimum Gasteiger partial charge on any atom is -0.493 e. The molecule has 2 aromatic rings. The summed E-state index contributed by atoms with van der Waals surface area (Å²) in [6, 6.07) is 14.7. The molecule has 0 atom stereocenters. The maximum absolute atomic E-state index is 6.31. The number of rotatable bonds is 10. The van der Waals surface area contributed by atoms with Crippen molar-refractivity contribution in [1.29, 1.82) is 0 Å². The lowest BCUT2D eigenvalue weighted by Gasteiger charge is -2.37. The summed E-state index contributed by atoms with van der Waals surface area (Å²) in [4.78, 5) is 2.43. The molecule has 1 aliphatic rings. The fourth-order valence-electron chi connectivity index (χ4n) is 3.81. The molecule has 1 fully saturated rings. The summed E-state index contributed by atoms with van der Waals surface area (Å²) in [6.45, 7) is 2.12. The molecule has 0 N–H and O–H groups in total. The van der Waals surface area contributed by atoms with Crippen LogP contribution in [-0.2, 0) is 10.5 Å². The van der Waals surface area contributed by atoms with Gasteiger partial charge in [-0.1, -0.05) is 29.8 Å². The van der Waals surface area contributed by atoms with Crippen molar-refractivity contribution in [2.45, 2.75) is 29.8 Å². The third-order valence-corrected chi connectivity index (χ3v) is 9.24. The van der Waals surface area contributed by atoms with Crippen molar-refractivity contribution in [3.8, 4) is 11.5 Å². The average Bonchev–Trinajstić information content (AvgIpc) is 2.78. The van der Waals surface area contributed by atoms with Crippen molar-refractivity contribution in [3.63, 3.8) is 0 Å². The van der Waals surface area contributed by atoms with Gasteiger partial charge in [-0.3, -0.25) is 0 Å². The zero-order chi connectivity index (χ0) is 21.4. The first-order valence-electron chi connectivity index (χ1n) is 10.5. The van der Waals surface area contributed by atoms with Crippen LogP contribution in [-0.4, -0.2) is 50.8 Å². The summed E-state index contributed by atoms with van der Waals surface area (Å²) in [6.07, 6.45) is 4.64. The second-order valence-corrected chi connectivity index (χ2v) is 11.1. The van der Waals surface area contributed by atoms with E-state index in [1.807, 2.05) is 12.1 Å². The van der Waals surface area contributed by atoms with Crippen molar-refractivity contribution >= 4 is 47.5 Å². The molecule has 0 aromatic heterocycles. The Hall–Kier alpha value is -0.720. The first-order chi connectivity index (χ1) is 14.6. The number of hydrogen-bond acceptors (Lipinski definition) is 5. The van der Waals surface area contributed by atoms with Crippen LogP contribution in [0.15, 0.2) is 42.5 Å². The summed E-state index contributed by atoms with van der Waals surface area (Å²) in [7, 11) is 5.57. The molecule has 0 spiro atoms. The maximum Gasteiger partial charge on any atom is 0.160 e. The molecule has 7 heteroatoms. The second-order valence-electron chi connectivity index (χ2n) is 7.66. The van der Waals surface area contributed by atoms with Crippen molar-refractivity contribution in [3.05, 3.63) is 58.6 Å². The van der Waals surface area contributed by atoms with E-state index in [-0.39, 0.29) is 16.5 Å². The third-order valence-electron chi connectivity index (χ3n) is 5.50. The highest BCUT2D eigenvalue weighted by Crippen LogP contribution is 2.53. The predicted octanol–water partition coefficient (Wildman–Crippen LogP) is 6.76. The third kappa shape index (κ3) is 7.40. The fourth-order valence-corrected chi connectivity index (χ4v) is 7.41. The molecule has 0 amide bonds. The van der Waals surface area contributed by atoms with Gasteiger partial charge in [0.1, 0.15) is 0 Å². The highest BCUT2D eigenvalue weighted by atomic mass is 35.5. The molecule has 0 unspecified atom stereocenters. The molecule has 172 valence electrons. The summed E-state index contributed by atoms with van der Waals surface area (Å²) in [5.41, 5.74) is 2.64. The maximum atomic E-state index is 6.31. The SMILES string of the molecule is COc1ccc(CCN(C)CCCC2(c3cccc(Cl)c3)SCCCS2)cc1OC.Cl. The highest BCUT2D eigenvalue weighted by molar-refractivity contribution is 8.18. The van der Waals surface area contributed by atoms with Crippen LogP contribution >= 0.6 is 47.5 Å². The number of benzene rings is 2. The molecular formula is C24H33Cl2NO2S2. The number of nitrogens with zero attached hydrogens (tertiary/aromatic N) is 1. The Bertz CT molecular complexity index is 816. The number of thioether (sulfide) groups is 2. The van der Waals surface area contributed by atoms with E-state index < -0.39 is 0 Å². The summed E-state index contributed by atoms with van der Waals surface area (Å²) in [5.74, 6) is 4.04. The minimum atomic E-state index is 0. The lowest BCUT2D eigenvalue weighted by atomic mass is 10.1. The number of halogens is 2. The first kappa shape index (κ1) is 26.5. The highest BCUT2D eigenvalue weighted by Gasteiger charge is 2.35. The first-order valence-corrected chi connectivity index (χ1v) is 12.8. The molecule has 0 radical (unpaired) electrons. The van der Waals surface area contributed by atoms with Crippen LogP contribution in [0.4, 0.5) is 0 Å². The Labute approximate surface area is 207 Å². The van der Waals surface area contributed by atoms with Crippen LogP contribution in [0.25, 0.3) is 0 Å². The van der Waals surface area contributed by atoms with Gasteiger partial charge in [-0.05, 0) is 86.2 Å². The smallest absolute Gasteiger partial charge is 0.160 e. The van der Waals surface area contributed by atoms with E-state index in [4.69, 9.17) is 21.1 Å². The number of likely N-dealkylation sites (N-methyl/N-ethyl adjacent to an activating group) is 1. The van der Waals surface area contributed by atoms with E-state index in [0.29, 0.717) is 0 Å². The normalized spacial score (nSPS) is 15.4. The molecular weight excluding hydrogens is 469 g/mol. The van der Waals surface area contributed by atoms with Gasteiger partial charge in [0.15, 0.2) is 11.5 Å². The zero-order valence-electron chi connectivity index (χ0n) is 18.6. The quantitative estimate of drug-likeness (QED) is 0.357. The van der Waals surface area contributed by atoms with Gasteiger partial charge < -0.3 is 14.4 Å². The average molecular weight is 503 g/mol. The summed E-state index contributed by atoms with van der Waals surface area (Å²) in [5, 5.41) is 0.839. The molecule has 1 heterocycles. The molecule has 3 nitrogen and oxygen atoms in total. The molecule has 0 aliphatic carbocycles. The fraction of sp³-hybridized carbons (Fsp3) is 0.500. The number of ether oxygens (including phenoxy) is 2. The number of methoxy groups -OCH3 is 2. The van der Waals surface area contributed by atoms with Crippen molar-refractivity contribution in [1.82, 2.24) is 4.90 Å². The van der Waals surface area contributed by atoms with E-state index in [9.17, 15) is 0 Å². The lowest BCUT2D eigenvalue weighted by molar-refractivity contribution is 0.327. The molecule has 3 rings (SSSR count). The molecule has 0 saturated carbocycles. The van der Waals surface area contributed by atoms with E-state index in [2.05, 4.69) is 65.8 Å². The van der Waals surface area contributed by atoms with Gasteiger partial charge in [-0.25, -0.2) is 0 Å². The van der Waals surface area contributed by atoms with Gasteiger partial charge >= 0.3 is 0 Å². The number of hydrogen-bond donors (Lipinski definition) is 0. The zero-order valence-corrected chi connectivity index (χ0v) is 21.8. The Morgan fingerprint density at radius 2 is 1.74 bits per heavy atom. The Morgan fingerprint density at radius 3 is 2.42 bits per heavy atom. The van der Waals surface area contributed by atoms with Crippen molar-refractivity contribution in [2.24, 2.45) is 0 Å². The van der Waals surface area contributed by atoms with E-state index in [1.165, 1.54) is 41.9 Å². The van der Waals surface area contributed by atoms with Crippen LogP contribution in [0.3, 0.4) is 0 Å². The predicted molar refractivity (Wildman–Crippen MR) is 140 cm³/mol. The van der Waals surface area contributed by atoms with Gasteiger partial charge in [0.25, 0.3) is 0 Å². The Kier molecular flexibility index (Phi) is 11.2. The second kappa shape index (κ2) is 13.1. The summed E-state index contributed by atoms with van der Waals surface area (Å²) >= 11 is 10.5. The molecule has 1 saturated heterocycles.